The molecule has 0 aliphatic rings. The van der Waals surface area contributed by atoms with Crippen LogP contribution in [0, 0.1) is 0 Å². The monoisotopic (exact) mass is 310 g/mol. The molecule has 0 fully saturated rings. The Balaban J connectivity index is 1.98. The number of hydrazone groups is 1. The maximum Gasteiger partial charge on any atom is 0.273 e. The normalized spacial score (nSPS) is 10.7. The summed E-state index contributed by atoms with van der Waals surface area (Å²) in [4.78, 5) is 14.2. The van der Waals surface area contributed by atoms with E-state index in [4.69, 9.17) is 5.73 Å². The second-order valence-corrected chi connectivity index (χ2v) is 5.05. The third-order valence-corrected chi connectivity index (χ3v) is 3.61. The van der Waals surface area contributed by atoms with Crippen molar-refractivity contribution in [3.05, 3.63) is 59.7 Å². The highest BCUT2D eigenvalue weighted by molar-refractivity contribution is 5.99. The zero-order valence-electron chi connectivity index (χ0n) is 13.5. The molecule has 0 aliphatic heterocycles. The molecule has 0 spiro atoms. The molecule has 5 nitrogen and oxygen atoms in total. The highest BCUT2D eigenvalue weighted by Crippen LogP contribution is 2.14. The smallest absolute Gasteiger partial charge is 0.273 e. The van der Waals surface area contributed by atoms with Crippen LogP contribution in [0.1, 0.15) is 29.8 Å². The number of rotatable bonds is 6. The Morgan fingerprint density at radius 2 is 1.78 bits per heavy atom. The van der Waals surface area contributed by atoms with E-state index in [9.17, 15) is 4.79 Å². The topological polar surface area (TPSA) is 70.7 Å². The first kappa shape index (κ1) is 16.5. The fourth-order valence-corrected chi connectivity index (χ4v) is 2.29. The molecule has 120 valence electrons. The molecule has 1 amide bonds. The van der Waals surface area contributed by atoms with Crippen molar-refractivity contribution in [1.82, 2.24) is 5.43 Å². The van der Waals surface area contributed by atoms with Crippen molar-refractivity contribution >= 4 is 23.5 Å². The molecule has 2 aromatic carbocycles. The lowest BCUT2D eigenvalue weighted by molar-refractivity contribution is 0.0956. The predicted molar refractivity (Wildman–Crippen MR) is 95.9 cm³/mol. The fourth-order valence-electron chi connectivity index (χ4n) is 2.29. The lowest BCUT2D eigenvalue weighted by atomic mass is 10.2. The fraction of sp³-hybridized carbons (Fsp3) is 0.222. The first-order valence-electron chi connectivity index (χ1n) is 7.68. The third-order valence-electron chi connectivity index (χ3n) is 3.61. The standard InChI is InChI=1S/C18H22N4O/c1-3-22(4-2)15-11-9-14(10-12-15)13-20-21-18(23)16-7-5-6-8-17(16)19/h5-13H,3-4,19H2,1-2H3,(H,21,23)/b20-13+. The number of benzene rings is 2. The molecule has 3 N–H and O–H groups in total. The van der Waals surface area contributed by atoms with E-state index < -0.39 is 0 Å². The van der Waals surface area contributed by atoms with Gasteiger partial charge in [-0.3, -0.25) is 4.79 Å². The van der Waals surface area contributed by atoms with Crippen molar-refractivity contribution < 1.29 is 4.79 Å². The molecule has 0 atom stereocenters. The van der Waals surface area contributed by atoms with Gasteiger partial charge in [-0.15, -0.1) is 0 Å². The number of para-hydroxylation sites is 1. The van der Waals surface area contributed by atoms with Crippen LogP contribution in [-0.4, -0.2) is 25.2 Å². The van der Waals surface area contributed by atoms with Crippen molar-refractivity contribution in [2.75, 3.05) is 23.7 Å². The van der Waals surface area contributed by atoms with Crippen LogP contribution in [0.15, 0.2) is 53.6 Å². The van der Waals surface area contributed by atoms with Crippen LogP contribution in [0.4, 0.5) is 11.4 Å². The molecular formula is C18H22N4O. The Morgan fingerprint density at radius 1 is 1.13 bits per heavy atom. The molecule has 0 aliphatic carbocycles. The molecule has 2 rings (SSSR count). The van der Waals surface area contributed by atoms with E-state index in [0.29, 0.717) is 11.3 Å². The first-order chi connectivity index (χ1) is 11.2. The van der Waals surface area contributed by atoms with E-state index in [-0.39, 0.29) is 5.91 Å². The minimum absolute atomic E-state index is 0.320. The number of anilines is 2. The Hall–Kier alpha value is -2.82. The highest BCUT2D eigenvalue weighted by atomic mass is 16.2. The number of nitrogens with two attached hydrogens (primary N) is 1. The quantitative estimate of drug-likeness (QED) is 0.489. The van der Waals surface area contributed by atoms with Crippen molar-refractivity contribution in [1.29, 1.82) is 0 Å². The minimum atomic E-state index is -0.320. The number of carbonyl (C=O) groups excluding carboxylic acids is 1. The SMILES string of the molecule is CCN(CC)c1ccc(/C=N/NC(=O)c2ccccc2N)cc1. The zero-order chi connectivity index (χ0) is 16.7. The van der Waals surface area contributed by atoms with Crippen LogP contribution < -0.4 is 16.1 Å². The summed E-state index contributed by atoms with van der Waals surface area (Å²) in [6, 6.07) is 14.9. The molecule has 0 unspecified atom stereocenters. The van der Waals surface area contributed by atoms with Gasteiger partial charge in [0, 0.05) is 24.5 Å². The van der Waals surface area contributed by atoms with Crippen molar-refractivity contribution in [3.8, 4) is 0 Å². The Bertz CT molecular complexity index is 676. The van der Waals surface area contributed by atoms with Gasteiger partial charge in [0.2, 0.25) is 0 Å². The van der Waals surface area contributed by atoms with Crippen LogP contribution in [0.5, 0.6) is 0 Å². The molecule has 0 saturated heterocycles. The van der Waals surface area contributed by atoms with Gasteiger partial charge >= 0.3 is 0 Å². The summed E-state index contributed by atoms with van der Waals surface area (Å²) in [6.07, 6.45) is 1.61. The Morgan fingerprint density at radius 3 is 2.39 bits per heavy atom. The lowest BCUT2D eigenvalue weighted by Gasteiger charge is -2.20. The summed E-state index contributed by atoms with van der Waals surface area (Å²) in [5.74, 6) is -0.320. The number of amides is 1. The molecule has 0 radical (unpaired) electrons. The summed E-state index contributed by atoms with van der Waals surface area (Å²) in [5.41, 5.74) is 11.2. The second kappa shape index (κ2) is 7.98. The van der Waals surface area contributed by atoms with Crippen LogP contribution in [-0.2, 0) is 0 Å². The van der Waals surface area contributed by atoms with Crippen LogP contribution >= 0.6 is 0 Å². The van der Waals surface area contributed by atoms with E-state index in [1.807, 2.05) is 24.3 Å². The van der Waals surface area contributed by atoms with Crippen molar-refractivity contribution in [2.24, 2.45) is 5.10 Å². The maximum absolute atomic E-state index is 12.0. The number of hydrogen-bond donors (Lipinski definition) is 2. The van der Waals surface area contributed by atoms with Crippen LogP contribution in [0.3, 0.4) is 0 Å². The van der Waals surface area contributed by atoms with Crippen LogP contribution in [0.25, 0.3) is 0 Å². The van der Waals surface area contributed by atoms with Gasteiger partial charge < -0.3 is 10.6 Å². The number of nitrogens with zero attached hydrogens (tertiary/aromatic N) is 2. The molecule has 5 heteroatoms. The van der Waals surface area contributed by atoms with Gasteiger partial charge in [-0.05, 0) is 43.7 Å². The molecule has 23 heavy (non-hydrogen) atoms. The third kappa shape index (κ3) is 4.32. The summed E-state index contributed by atoms with van der Waals surface area (Å²) >= 11 is 0. The van der Waals surface area contributed by atoms with Crippen LogP contribution in [0.2, 0.25) is 0 Å². The zero-order valence-corrected chi connectivity index (χ0v) is 13.5. The molecule has 0 aromatic heterocycles. The summed E-state index contributed by atoms with van der Waals surface area (Å²) in [5, 5.41) is 3.98. The summed E-state index contributed by atoms with van der Waals surface area (Å²) < 4.78 is 0. The molecular weight excluding hydrogens is 288 g/mol. The van der Waals surface area contributed by atoms with Crippen molar-refractivity contribution in [2.45, 2.75) is 13.8 Å². The van der Waals surface area contributed by atoms with Crippen molar-refractivity contribution in [3.63, 3.8) is 0 Å². The number of hydrogen-bond acceptors (Lipinski definition) is 4. The van der Waals surface area contributed by atoms with Gasteiger partial charge in [0.1, 0.15) is 0 Å². The largest absolute Gasteiger partial charge is 0.398 e. The Labute approximate surface area is 136 Å². The first-order valence-corrected chi connectivity index (χ1v) is 7.68. The molecule has 2 aromatic rings. The number of nitrogen functional groups attached to an aromatic ring is 1. The number of carbonyl (C=O) groups is 1. The summed E-state index contributed by atoms with van der Waals surface area (Å²) in [6.45, 7) is 6.20. The van der Waals surface area contributed by atoms with E-state index in [0.717, 1.165) is 18.7 Å². The molecule has 0 bridgehead atoms. The van der Waals surface area contributed by atoms with Gasteiger partial charge in [-0.25, -0.2) is 5.43 Å². The average molecular weight is 310 g/mol. The van der Waals surface area contributed by atoms with E-state index >= 15 is 0 Å². The van der Waals surface area contributed by atoms with Gasteiger partial charge in [-0.2, -0.15) is 5.10 Å². The average Bonchev–Trinajstić information content (AvgIpc) is 2.57. The highest BCUT2D eigenvalue weighted by Gasteiger charge is 2.07. The maximum atomic E-state index is 12.0. The minimum Gasteiger partial charge on any atom is -0.398 e. The Kier molecular flexibility index (Phi) is 5.74. The van der Waals surface area contributed by atoms with E-state index in [2.05, 4.69) is 29.3 Å². The lowest BCUT2D eigenvalue weighted by Crippen LogP contribution is -2.21. The summed E-state index contributed by atoms with van der Waals surface area (Å²) in [7, 11) is 0. The molecule has 0 saturated carbocycles. The van der Waals surface area contributed by atoms with Gasteiger partial charge in [-0.1, -0.05) is 24.3 Å². The molecule has 0 heterocycles. The van der Waals surface area contributed by atoms with Gasteiger partial charge in [0.05, 0.1) is 11.8 Å². The van der Waals surface area contributed by atoms with E-state index in [1.165, 1.54) is 5.69 Å². The number of nitrogens with one attached hydrogen (secondary N) is 1. The van der Waals surface area contributed by atoms with Gasteiger partial charge in [0.25, 0.3) is 5.91 Å². The second-order valence-electron chi connectivity index (χ2n) is 5.05. The van der Waals surface area contributed by atoms with E-state index in [1.54, 1.807) is 30.5 Å². The predicted octanol–water partition coefficient (Wildman–Crippen LogP) is 2.88. The van der Waals surface area contributed by atoms with Gasteiger partial charge in [0.15, 0.2) is 0 Å².